The molecule has 2 fully saturated rings. The van der Waals surface area contributed by atoms with Crippen molar-refractivity contribution >= 4 is 11.8 Å². The van der Waals surface area contributed by atoms with E-state index < -0.39 is 0 Å². The topological polar surface area (TPSA) is 30.5 Å². The molecule has 1 aliphatic heterocycles. The van der Waals surface area contributed by atoms with Crippen LogP contribution in [-0.2, 0) is 9.47 Å². The van der Waals surface area contributed by atoms with Crippen LogP contribution in [0.3, 0.4) is 0 Å². The lowest BCUT2D eigenvalue weighted by atomic mass is 9.85. The molecule has 0 aromatic heterocycles. The molecule has 1 heterocycles. The third kappa shape index (κ3) is 2.92. The average molecular weight is 245 g/mol. The van der Waals surface area contributed by atoms with Gasteiger partial charge < -0.3 is 14.8 Å². The van der Waals surface area contributed by atoms with Gasteiger partial charge in [-0.1, -0.05) is 0 Å². The molecule has 0 bridgehead atoms. The van der Waals surface area contributed by atoms with Gasteiger partial charge in [-0.3, -0.25) is 0 Å². The minimum absolute atomic E-state index is 0.256. The highest BCUT2D eigenvalue weighted by atomic mass is 32.2. The molecule has 94 valence electrons. The molecule has 1 saturated carbocycles. The number of methoxy groups -OCH3 is 1. The highest BCUT2D eigenvalue weighted by molar-refractivity contribution is 8.00. The molecular formula is C12H23NO2S. The lowest BCUT2D eigenvalue weighted by Gasteiger charge is -2.43. The molecule has 4 atom stereocenters. The molecule has 2 aliphatic rings. The Morgan fingerprint density at radius 1 is 1.44 bits per heavy atom. The van der Waals surface area contributed by atoms with Gasteiger partial charge in [-0.2, -0.15) is 11.8 Å². The monoisotopic (exact) mass is 245 g/mol. The first-order valence-corrected chi connectivity index (χ1v) is 7.39. The summed E-state index contributed by atoms with van der Waals surface area (Å²) >= 11 is 2.10. The van der Waals surface area contributed by atoms with E-state index in [0.29, 0.717) is 12.1 Å². The number of ether oxygens (including phenoxy) is 2. The van der Waals surface area contributed by atoms with Crippen LogP contribution in [0.15, 0.2) is 0 Å². The number of rotatable bonds is 6. The van der Waals surface area contributed by atoms with E-state index in [-0.39, 0.29) is 6.10 Å². The van der Waals surface area contributed by atoms with Crippen LogP contribution in [-0.4, -0.2) is 49.5 Å². The molecule has 0 aromatic rings. The molecule has 4 heteroatoms. The smallest absolute Gasteiger partial charge is 0.0986 e. The van der Waals surface area contributed by atoms with Crippen molar-refractivity contribution in [3.05, 3.63) is 0 Å². The Labute approximate surface area is 103 Å². The predicted molar refractivity (Wildman–Crippen MR) is 68.1 cm³/mol. The molecule has 1 saturated heterocycles. The summed E-state index contributed by atoms with van der Waals surface area (Å²) in [5.41, 5.74) is 0. The van der Waals surface area contributed by atoms with Crippen LogP contribution < -0.4 is 5.32 Å². The molecule has 0 spiro atoms. The van der Waals surface area contributed by atoms with Gasteiger partial charge in [-0.25, -0.2) is 0 Å². The van der Waals surface area contributed by atoms with Crippen molar-refractivity contribution < 1.29 is 9.47 Å². The maximum absolute atomic E-state index is 5.61. The van der Waals surface area contributed by atoms with Crippen molar-refractivity contribution in [3.8, 4) is 0 Å². The van der Waals surface area contributed by atoms with E-state index in [1.165, 1.54) is 18.6 Å². The van der Waals surface area contributed by atoms with Crippen molar-refractivity contribution in [2.75, 3.05) is 26.0 Å². The minimum Gasteiger partial charge on any atom is -0.377 e. The van der Waals surface area contributed by atoms with Crippen LogP contribution in [0.2, 0.25) is 0 Å². The van der Waals surface area contributed by atoms with E-state index in [1.54, 1.807) is 7.11 Å². The van der Waals surface area contributed by atoms with Crippen LogP contribution >= 0.6 is 11.8 Å². The Morgan fingerprint density at radius 3 is 2.94 bits per heavy atom. The zero-order valence-corrected chi connectivity index (χ0v) is 11.1. The van der Waals surface area contributed by atoms with Gasteiger partial charge in [0.2, 0.25) is 0 Å². The third-order valence-electron chi connectivity index (χ3n) is 3.53. The molecule has 1 aliphatic carbocycles. The maximum Gasteiger partial charge on any atom is 0.0986 e. The van der Waals surface area contributed by atoms with Crippen LogP contribution in [0.25, 0.3) is 0 Å². The van der Waals surface area contributed by atoms with Crippen molar-refractivity contribution in [2.24, 2.45) is 0 Å². The Balaban J connectivity index is 1.66. The van der Waals surface area contributed by atoms with Gasteiger partial charge in [0.1, 0.15) is 0 Å². The summed E-state index contributed by atoms with van der Waals surface area (Å²) < 4.78 is 11.1. The second kappa shape index (κ2) is 6.24. The quantitative estimate of drug-likeness (QED) is 0.771. The fourth-order valence-corrected chi connectivity index (χ4v) is 3.78. The van der Waals surface area contributed by atoms with Crippen molar-refractivity contribution in [2.45, 2.75) is 49.7 Å². The van der Waals surface area contributed by atoms with Crippen molar-refractivity contribution in [1.29, 1.82) is 0 Å². The van der Waals surface area contributed by atoms with Crippen LogP contribution in [0, 0.1) is 0 Å². The second-order valence-corrected chi connectivity index (χ2v) is 5.99. The lowest BCUT2D eigenvalue weighted by molar-refractivity contribution is -0.131. The fourth-order valence-electron chi connectivity index (χ4n) is 2.56. The van der Waals surface area contributed by atoms with E-state index in [4.69, 9.17) is 9.47 Å². The zero-order chi connectivity index (χ0) is 11.4. The van der Waals surface area contributed by atoms with E-state index >= 15 is 0 Å². The first kappa shape index (κ1) is 12.7. The fraction of sp³-hybridized carbons (Fsp3) is 1.00. The number of hydrogen-bond acceptors (Lipinski definition) is 4. The van der Waals surface area contributed by atoms with Gasteiger partial charge in [-0.05, 0) is 31.9 Å². The molecule has 4 unspecified atom stereocenters. The zero-order valence-electron chi connectivity index (χ0n) is 10.3. The first-order valence-electron chi connectivity index (χ1n) is 6.34. The molecule has 1 N–H and O–H groups in total. The van der Waals surface area contributed by atoms with Crippen LogP contribution in [0.4, 0.5) is 0 Å². The van der Waals surface area contributed by atoms with E-state index in [2.05, 4.69) is 17.1 Å². The summed E-state index contributed by atoms with van der Waals surface area (Å²) in [6.07, 6.45) is 4.42. The van der Waals surface area contributed by atoms with E-state index in [0.717, 1.165) is 24.8 Å². The van der Waals surface area contributed by atoms with Gasteiger partial charge >= 0.3 is 0 Å². The summed E-state index contributed by atoms with van der Waals surface area (Å²) in [6.45, 7) is 3.96. The van der Waals surface area contributed by atoms with Gasteiger partial charge in [0.15, 0.2) is 0 Å². The molecule has 0 amide bonds. The third-order valence-corrected chi connectivity index (χ3v) is 4.93. The summed E-state index contributed by atoms with van der Waals surface area (Å²) in [5.74, 6) is 1.34. The highest BCUT2D eigenvalue weighted by Gasteiger charge is 2.41. The van der Waals surface area contributed by atoms with Gasteiger partial charge in [0.25, 0.3) is 0 Å². The normalized spacial score (nSPS) is 38.6. The SMILES string of the molecule is CCOC1CC(NCC2CCCS2)C1OC. The minimum atomic E-state index is 0.256. The number of nitrogens with one attached hydrogen (secondary N) is 1. The number of hydrogen-bond donors (Lipinski definition) is 1. The van der Waals surface area contributed by atoms with Crippen LogP contribution in [0.1, 0.15) is 26.2 Å². The van der Waals surface area contributed by atoms with E-state index in [9.17, 15) is 0 Å². The molecular weight excluding hydrogens is 222 g/mol. The Morgan fingerprint density at radius 2 is 2.31 bits per heavy atom. The molecule has 0 radical (unpaired) electrons. The summed E-state index contributed by atoms with van der Waals surface area (Å²) in [4.78, 5) is 0. The predicted octanol–water partition coefficient (Wildman–Crippen LogP) is 1.66. The second-order valence-electron chi connectivity index (χ2n) is 4.58. The number of thioether (sulfide) groups is 1. The highest BCUT2D eigenvalue weighted by Crippen LogP contribution is 2.29. The van der Waals surface area contributed by atoms with E-state index in [1.807, 2.05) is 6.92 Å². The maximum atomic E-state index is 5.61. The summed E-state index contributed by atoms with van der Waals surface area (Å²) in [6, 6.07) is 0.503. The van der Waals surface area contributed by atoms with Crippen molar-refractivity contribution in [3.63, 3.8) is 0 Å². The van der Waals surface area contributed by atoms with Crippen molar-refractivity contribution in [1.82, 2.24) is 5.32 Å². The molecule has 0 aromatic carbocycles. The Hall–Kier alpha value is 0.230. The first-order chi connectivity index (χ1) is 7.85. The standard InChI is InChI=1S/C12H23NO2S/c1-3-15-11-7-10(12(11)14-2)13-8-9-5-4-6-16-9/h9-13H,3-8H2,1-2H3. The largest absolute Gasteiger partial charge is 0.377 e. The van der Waals surface area contributed by atoms with Gasteiger partial charge in [0, 0.05) is 31.6 Å². The molecule has 2 rings (SSSR count). The molecule has 3 nitrogen and oxygen atoms in total. The van der Waals surface area contributed by atoms with Crippen LogP contribution in [0.5, 0.6) is 0 Å². The summed E-state index contributed by atoms with van der Waals surface area (Å²) in [7, 11) is 1.79. The Kier molecular flexibility index (Phi) is 4.95. The Bertz CT molecular complexity index is 209. The molecule has 16 heavy (non-hydrogen) atoms. The lowest BCUT2D eigenvalue weighted by Crippen LogP contribution is -2.60. The average Bonchev–Trinajstić information content (AvgIpc) is 2.75. The van der Waals surface area contributed by atoms with Gasteiger partial charge in [0.05, 0.1) is 12.2 Å². The summed E-state index contributed by atoms with van der Waals surface area (Å²) in [5, 5.41) is 4.45. The van der Waals surface area contributed by atoms with Gasteiger partial charge in [-0.15, -0.1) is 0 Å².